The molecule has 32 nitrogen and oxygen atoms in total. The molecule has 2 aromatic heterocycles. The number of alkyl carbamates (subject to hydrolysis) is 1. The van der Waals surface area contributed by atoms with Crippen LogP contribution in [0.1, 0.15) is 109 Å². The molecule has 0 spiro atoms. The second kappa shape index (κ2) is 29.4. The van der Waals surface area contributed by atoms with Gasteiger partial charge in [-0.2, -0.15) is 0 Å². The predicted molar refractivity (Wildman–Crippen MR) is 331 cm³/mol. The molecule has 4 aromatic rings. The SMILES string of the molecule is CC[C@@]1(O)C(=O)OCc2c1cc1n(c2=O)Cc2c-1nc1cc(F)c(C)c3c1c2[C@@H](NC(=O)OCc1ccc(O[C@@H]2O[C@H](C(=O)O)[C@@H](O)[C@H](O)[C@H]2O)c(CNC(=O)CCNC(=O)[C@H](CCCC(=O)N[C@H]2CO[C@H]4[C@@H]2OC[C@@H]4NC(=O)CCOC)NC(=O)CCN2C(=O)C=CC2=O)c1)CC3. The van der Waals surface area contributed by atoms with E-state index in [0.717, 1.165) is 17.1 Å². The number of aryl methyl sites for hydroxylation is 1. The Kier molecular flexibility index (Phi) is 21.0. The van der Waals surface area contributed by atoms with Crippen LogP contribution in [0.4, 0.5) is 9.18 Å². The first kappa shape index (κ1) is 70.0. The van der Waals surface area contributed by atoms with E-state index in [9.17, 15) is 78.3 Å². The third-order valence-electron chi connectivity index (χ3n) is 18.6. The summed E-state index contributed by atoms with van der Waals surface area (Å²) in [4.78, 5) is 149. The molecule has 98 heavy (non-hydrogen) atoms. The number of halogens is 1. The van der Waals surface area contributed by atoms with E-state index in [4.69, 9.17) is 38.1 Å². The van der Waals surface area contributed by atoms with Crippen LogP contribution >= 0.6 is 0 Å². The van der Waals surface area contributed by atoms with Gasteiger partial charge >= 0.3 is 18.0 Å². The Morgan fingerprint density at radius 2 is 1.55 bits per heavy atom. The van der Waals surface area contributed by atoms with Crippen LogP contribution in [-0.4, -0.2) is 200 Å². The zero-order chi connectivity index (χ0) is 70.0. The first-order valence-electron chi connectivity index (χ1n) is 32.0. The molecule has 6 aliphatic heterocycles. The van der Waals surface area contributed by atoms with Crippen LogP contribution in [0, 0.1) is 12.7 Å². The number of amides is 8. The molecule has 8 heterocycles. The van der Waals surface area contributed by atoms with E-state index in [2.05, 4.69) is 31.9 Å². The lowest BCUT2D eigenvalue weighted by atomic mass is 9.81. The van der Waals surface area contributed by atoms with Crippen LogP contribution in [0.25, 0.3) is 22.3 Å². The van der Waals surface area contributed by atoms with Crippen molar-refractivity contribution < 1.29 is 111 Å². The molecule has 12 atom stereocenters. The summed E-state index contributed by atoms with van der Waals surface area (Å²) in [5.41, 5.74) is 0.804. The van der Waals surface area contributed by atoms with Crippen LogP contribution in [0.2, 0.25) is 0 Å². The van der Waals surface area contributed by atoms with Crippen LogP contribution in [-0.2, 0) is 110 Å². The Labute approximate surface area is 556 Å². The van der Waals surface area contributed by atoms with E-state index in [1.54, 1.807) is 13.8 Å². The Balaban J connectivity index is 0.748. The number of carboxylic acid groups (broad SMARTS) is 1. The Bertz CT molecular complexity index is 3980. The van der Waals surface area contributed by atoms with Gasteiger partial charge < -0.3 is 95.2 Å². The number of benzene rings is 2. The van der Waals surface area contributed by atoms with Gasteiger partial charge in [0.1, 0.15) is 61.3 Å². The van der Waals surface area contributed by atoms with E-state index < -0.39 is 144 Å². The van der Waals surface area contributed by atoms with Crippen molar-refractivity contribution in [1.82, 2.24) is 46.4 Å². The van der Waals surface area contributed by atoms with Gasteiger partial charge in [-0.25, -0.2) is 23.8 Å². The summed E-state index contributed by atoms with van der Waals surface area (Å²) in [6, 6.07) is 3.91. The first-order chi connectivity index (χ1) is 46.9. The number of carboxylic acids is 1. The number of esters is 1. The average molecular weight is 1370 g/mol. The third-order valence-corrected chi connectivity index (χ3v) is 18.6. The fraction of sp³-hybridized carbons (Fsp3) is 0.508. The van der Waals surface area contributed by atoms with Crippen molar-refractivity contribution in [2.24, 2.45) is 0 Å². The highest BCUT2D eigenvalue weighted by molar-refractivity contribution is 6.13. The number of ether oxygens (including phenoxy) is 7. The maximum Gasteiger partial charge on any atom is 0.407 e. The molecule has 0 saturated carbocycles. The molecule has 3 fully saturated rings. The van der Waals surface area contributed by atoms with Gasteiger partial charge in [0.2, 0.25) is 35.8 Å². The summed E-state index contributed by atoms with van der Waals surface area (Å²) in [5.74, 6) is -7.32. The molecule has 7 aliphatic rings. The van der Waals surface area contributed by atoms with Gasteiger partial charge in [-0.05, 0) is 79.5 Å². The van der Waals surface area contributed by atoms with E-state index >= 15 is 4.39 Å². The lowest BCUT2D eigenvalue weighted by molar-refractivity contribution is -0.271. The number of hydrogen-bond donors (Lipinski definition) is 11. The number of methoxy groups -OCH3 is 1. The zero-order valence-electron chi connectivity index (χ0n) is 53.4. The molecule has 8 amide bonds. The Morgan fingerprint density at radius 1 is 0.837 bits per heavy atom. The molecular formula is C65H74FN9O23. The number of fused-ring (bicyclic) bond motifs is 6. The van der Waals surface area contributed by atoms with Gasteiger partial charge in [0.25, 0.3) is 17.4 Å². The molecule has 0 bridgehead atoms. The number of aliphatic hydroxyl groups is 4. The lowest BCUT2D eigenvalue weighted by Gasteiger charge is -2.38. The number of pyridine rings is 2. The normalized spacial score (nSPS) is 25.1. The van der Waals surface area contributed by atoms with Gasteiger partial charge in [-0.15, -0.1) is 0 Å². The van der Waals surface area contributed by atoms with Gasteiger partial charge in [-0.3, -0.25) is 43.3 Å². The second-order valence-corrected chi connectivity index (χ2v) is 24.8. The van der Waals surface area contributed by atoms with Gasteiger partial charge in [0.05, 0.1) is 67.0 Å². The standard InChI is InChI=1S/C65H74FN9O23/c1-4-65(91)35-21-42-52-33(24-75(42)60(86)34(35)26-95-63(65)89)51-37(10-9-32-29(2)36(66)22-39(72-52)50(32)51)73-64(90)96-25-30-8-11-43(97-62-55(84)53(82)54(83)58(98-62)61(87)88)31(20-30)23-68-44(76)14-17-67-59(85)38(69-46(78)15-18-74-48(80)12-13-49(74)81)6-5-7-45(77)70-40-27-93-57-41(28-94-56(40)57)71-47(79)16-19-92-3/h8,11-13,20-22,37-38,40-41,53-58,62,82-84,91H,4-7,9-10,14-19,23-28H2,1-3H3,(H,67,85)(H,68,76)(H,69,78)(H,70,77)(H,71,79)(H,73,90)(H,87,88)/t37-,38-,40-,41-,53-,54-,55+,56+,57+,58-,62+,65-/m0/s1. The fourth-order valence-corrected chi connectivity index (χ4v) is 13.4. The second-order valence-electron chi connectivity index (χ2n) is 24.8. The smallest absolute Gasteiger partial charge is 0.407 e. The molecule has 0 unspecified atom stereocenters. The topological polar surface area (TPSA) is 447 Å². The number of aliphatic carboxylic acids is 1. The summed E-state index contributed by atoms with van der Waals surface area (Å²) in [6.45, 7) is 1.87. The quantitative estimate of drug-likeness (QED) is 0.0224. The number of imide groups is 1. The summed E-state index contributed by atoms with van der Waals surface area (Å²) in [7, 11) is 1.48. The number of nitrogens with one attached hydrogen (secondary N) is 6. The van der Waals surface area contributed by atoms with Crippen LogP contribution in [0.15, 0.2) is 47.3 Å². The minimum atomic E-state index is -2.12. The summed E-state index contributed by atoms with van der Waals surface area (Å²) >= 11 is 0. The van der Waals surface area contributed by atoms with Crippen LogP contribution in [0.3, 0.4) is 0 Å². The highest BCUT2D eigenvalue weighted by Gasteiger charge is 2.51. The maximum atomic E-state index is 15.6. The average Bonchev–Trinajstić information content (AvgIpc) is 1.42. The van der Waals surface area contributed by atoms with Crippen LogP contribution < -0.4 is 42.2 Å². The minimum Gasteiger partial charge on any atom is -0.479 e. The fourth-order valence-electron chi connectivity index (χ4n) is 13.4. The van der Waals surface area contributed by atoms with Crippen molar-refractivity contribution in [3.63, 3.8) is 0 Å². The number of carbonyl (C=O) groups excluding carboxylic acids is 9. The number of rotatable bonds is 26. The molecule has 524 valence electrons. The van der Waals surface area contributed by atoms with E-state index in [-0.39, 0.29) is 155 Å². The highest BCUT2D eigenvalue weighted by atomic mass is 19.1. The summed E-state index contributed by atoms with van der Waals surface area (Å²) < 4.78 is 56.1. The van der Waals surface area contributed by atoms with E-state index in [1.807, 2.05) is 0 Å². The van der Waals surface area contributed by atoms with Crippen molar-refractivity contribution in [3.05, 3.63) is 103 Å². The number of carbonyl (C=O) groups is 10. The van der Waals surface area contributed by atoms with Gasteiger partial charge in [0.15, 0.2) is 11.7 Å². The Hall–Kier alpha value is -9.35. The van der Waals surface area contributed by atoms with Gasteiger partial charge in [-0.1, -0.05) is 13.0 Å². The first-order valence-corrected chi connectivity index (χ1v) is 32.0. The lowest BCUT2D eigenvalue weighted by Crippen LogP contribution is -2.61. The number of aliphatic hydroxyl groups excluding tert-OH is 3. The summed E-state index contributed by atoms with van der Waals surface area (Å²) in [6.07, 6.45) is -10.2. The molecule has 0 radical (unpaired) electrons. The monoisotopic (exact) mass is 1370 g/mol. The maximum absolute atomic E-state index is 15.6. The molecule has 1 aliphatic carbocycles. The third kappa shape index (κ3) is 14.3. The largest absolute Gasteiger partial charge is 0.479 e. The molecule has 33 heteroatoms. The number of nitrogens with zero attached hydrogens (tertiary/aromatic N) is 3. The molecule has 3 saturated heterocycles. The molecule has 11 N–H and O–H groups in total. The minimum absolute atomic E-state index is 0.0322. The van der Waals surface area contributed by atoms with Crippen molar-refractivity contribution in [1.29, 1.82) is 0 Å². The van der Waals surface area contributed by atoms with Gasteiger partial charge in [0, 0.05) is 92.7 Å². The van der Waals surface area contributed by atoms with Crippen molar-refractivity contribution in [2.75, 3.05) is 40.0 Å². The Morgan fingerprint density at radius 3 is 2.24 bits per heavy atom. The molecule has 11 rings (SSSR count). The molecular weight excluding hydrogens is 1290 g/mol. The van der Waals surface area contributed by atoms with E-state index in [0.29, 0.717) is 34.1 Å². The molecule has 2 aromatic carbocycles. The predicted octanol–water partition coefficient (Wildman–Crippen LogP) is -1.39. The van der Waals surface area contributed by atoms with E-state index in [1.165, 1.54) is 42.0 Å². The summed E-state index contributed by atoms with van der Waals surface area (Å²) in [5, 5.41) is 70.1. The highest BCUT2D eigenvalue weighted by Crippen LogP contribution is 2.46. The van der Waals surface area contributed by atoms with Crippen molar-refractivity contribution >= 4 is 70.3 Å². The number of aromatic nitrogens is 2. The van der Waals surface area contributed by atoms with Crippen LogP contribution in [0.5, 0.6) is 5.75 Å². The number of cyclic esters (lactones) is 1. The number of hydrogen-bond acceptors (Lipinski definition) is 23. The van der Waals surface area contributed by atoms with Crippen molar-refractivity contribution in [2.45, 2.75) is 171 Å². The van der Waals surface area contributed by atoms with Crippen molar-refractivity contribution in [3.8, 4) is 17.1 Å². The zero-order valence-corrected chi connectivity index (χ0v) is 53.4.